The average molecular weight is 619 g/mol. The largest absolute Gasteiger partial charge is 0.457 e. The number of hydrogen-bond acceptors (Lipinski definition) is 3. The molecule has 0 aliphatic heterocycles. The molecule has 0 aliphatic rings. The van der Waals surface area contributed by atoms with Gasteiger partial charge in [0.2, 0.25) is 0 Å². The highest BCUT2D eigenvalue weighted by Gasteiger charge is 2.17. The maximum atomic E-state index is 6.52. The first-order valence-corrected chi connectivity index (χ1v) is 16.6. The molecule has 0 aliphatic carbocycles. The zero-order valence-electron chi connectivity index (χ0n) is 28.2. The fraction of sp³-hybridized carbons (Fsp3) is 0.238. The standard InChI is InChI=1S/C42H42N4O/c1-28(2)31-20-22-43-40(23-31)46-38-16-8-7-15-36(38)37-18-17-35(25-39(37)46)47-34-14-10-13-33(24-34)45-27-32(26-44-45)41-29(3)11-9-12-30(41)19-21-42(4,5)6/h7-18,20,22-28H,19,21H2,1-6H3. The van der Waals surface area contributed by atoms with Gasteiger partial charge in [0.1, 0.15) is 17.3 Å². The highest BCUT2D eigenvalue weighted by atomic mass is 16.5. The normalized spacial score (nSPS) is 12.0. The monoisotopic (exact) mass is 618 g/mol. The fourth-order valence-corrected chi connectivity index (χ4v) is 6.45. The van der Waals surface area contributed by atoms with Crippen LogP contribution in [0.25, 0.3) is 44.4 Å². The predicted octanol–water partition coefficient (Wildman–Crippen LogP) is 11.2. The molecule has 0 fully saturated rings. The molecule has 0 saturated heterocycles. The first kappa shape index (κ1) is 30.5. The van der Waals surface area contributed by atoms with E-state index < -0.39 is 0 Å². The Kier molecular flexibility index (Phi) is 7.93. The number of nitrogens with zero attached hydrogens (tertiary/aromatic N) is 4. The van der Waals surface area contributed by atoms with Gasteiger partial charge in [0.15, 0.2) is 0 Å². The zero-order valence-corrected chi connectivity index (χ0v) is 28.2. The van der Waals surface area contributed by atoms with Gasteiger partial charge in [-0.25, -0.2) is 9.67 Å². The molecule has 0 bridgehead atoms. The van der Waals surface area contributed by atoms with Gasteiger partial charge >= 0.3 is 0 Å². The van der Waals surface area contributed by atoms with Crippen LogP contribution >= 0.6 is 0 Å². The van der Waals surface area contributed by atoms with E-state index >= 15 is 0 Å². The first-order chi connectivity index (χ1) is 22.6. The lowest BCUT2D eigenvalue weighted by molar-refractivity contribution is 0.378. The molecule has 236 valence electrons. The molecule has 5 nitrogen and oxygen atoms in total. The van der Waals surface area contributed by atoms with Crippen LogP contribution in [0.3, 0.4) is 0 Å². The van der Waals surface area contributed by atoms with E-state index in [0.29, 0.717) is 5.92 Å². The Morgan fingerprint density at radius 2 is 1.57 bits per heavy atom. The van der Waals surface area contributed by atoms with Gasteiger partial charge in [0.25, 0.3) is 0 Å². The molecule has 47 heavy (non-hydrogen) atoms. The Morgan fingerprint density at radius 3 is 2.40 bits per heavy atom. The molecule has 0 saturated carbocycles. The molecular formula is C42H42N4O. The molecule has 5 heteroatoms. The van der Waals surface area contributed by atoms with Gasteiger partial charge in [-0.1, -0.05) is 77.1 Å². The smallest absolute Gasteiger partial charge is 0.137 e. The van der Waals surface area contributed by atoms with Crippen LogP contribution < -0.4 is 4.74 Å². The molecule has 4 aromatic carbocycles. The van der Waals surface area contributed by atoms with Crippen LogP contribution in [0.1, 0.15) is 63.6 Å². The van der Waals surface area contributed by atoms with E-state index in [-0.39, 0.29) is 5.41 Å². The van der Waals surface area contributed by atoms with E-state index in [9.17, 15) is 0 Å². The lowest BCUT2D eigenvalue weighted by Gasteiger charge is -2.19. The van der Waals surface area contributed by atoms with E-state index in [1.165, 1.54) is 33.0 Å². The minimum atomic E-state index is 0.280. The van der Waals surface area contributed by atoms with Crippen molar-refractivity contribution in [1.82, 2.24) is 19.3 Å². The molecule has 7 aromatic rings. The summed E-state index contributed by atoms with van der Waals surface area (Å²) in [7, 11) is 0. The molecule has 0 spiro atoms. The summed E-state index contributed by atoms with van der Waals surface area (Å²) in [5.74, 6) is 2.84. The summed E-state index contributed by atoms with van der Waals surface area (Å²) in [6.45, 7) is 13.5. The van der Waals surface area contributed by atoms with Crippen LogP contribution in [-0.4, -0.2) is 19.3 Å². The Hall–Kier alpha value is -5.16. The zero-order chi connectivity index (χ0) is 32.7. The molecule has 3 aromatic heterocycles. The maximum absolute atomic E-state index is 6.52. The van der Waals surface area contributed by atoms with Gasteiger partial charge < -0.3 is 4.74 Å². The summed E-state index contributed by atoms with van der Waals surface area (Å²) in [6.07, 6.45) is 8.18. The second kappa shape index (κ2) is 12.2. The van der Waals surface area contributed by atoms with Gasteiger partial charge in [0, 0.05) is 40.9 Å². The molecule has 0 amide bonds. The van der Waals surface area contributed by atoms with Crippen molar-refractivity contribution in [3.63, 3.8) is 0 Å². The third-order valence-corrected chi connectivity index (χ3v) is 9.00. The maximum Gasteiger partial charge on any atom is 0.137 e. The first-order valence-electron chi connectivity index (χ1n) is 16.6. The Bertz CT molecular complexity index is 2210. The van der Waals surface area contributed by atoms with Crippen molar-refractivity contribution in [3.05, 3.63) is 132 Å². The molecule has 3 heterocycles. The van der Waals surface area contributed by atoms with Crippen LogP contribution in [0.2, 0.25) is 0 Å². The minimum absolute atomic E-state index is 0.280. The van der Waals surface area contributed by atoms with Crippen LogP contribution in [0.15, 0.2) is 116 Å². The van der Waals surface area contributed by atoms with Crippen LogP contribution in [0, 0.1) is 12.3 Å². The van der Waals surface area contributed by atoms with Crippen molar-refractivity contribution in [2.75, 3.05) is 0 Å². The van der Waals surface area contributed by atoms with Gasteiger partial charge in [-0.15, -0.1) is 0 Å². The number of fused-ring (bicyclic) bond motifs is 3. The van der Waals surface area contributed by atoms with Crippen LogP contribution in [-0.2, 0) is 6.42 Å². The Labute approximate surface area is 277 Å². The quantitative estimate of drug-likeness (QED) is 0.170. The van der Waals surface area contributed by atoms with Crippen LogP contribution in [0.4, 0.5) is 0 Å². The Balaban J connectivity index is 1.21. The number of hydrogen-bond donors (Lipinski definition) is 0. The van der Waals surface area contributed by atoms with Gasteiger partial charge in [-0.2, -0.15) is 5.10 Å². The molecule has 0 atom stereocenters. The number of rotatable bonds is 8. The van der Waals surface area contributed by atoms with Gasteiger partial charge in [0.05, 0.1) is 22.9 Å². The highest BCUT2D eigenvalue weighted by Crippen LogP contribution is 2.36. The third-order valence-electron chi connectivity index (χ3n) is 9.00. The van der Waals surface area contributed by atoms with Crippen LogP contribution in [0.5, 0.6) is 11.5 Å². The van der Waals surface area contributed by atoms with Crippen molar-refractivity contribution in [3.8, 4) is 34.1 Å². The third kappa shape index (κ3) is 6.18. The molecule has 0 unspecified atom stereocenters. The van der Waals surface area contributed by atoms with Crippen molar-refractivity contribution in [1.29, 1.82) is 0 Å². The summed E-state index contributed by atoms with van der Waals surface area (Å²) in [4.78, 5) is 4.79. The molecule has 0 N–H and O–H groups in total. The van der Waals surface area contributed by atoms with E-state index in [1.807, 2.05) is 41.3 Å². The average Bonchev–Trinajstić information content (AvgIpc) is 3.67. The van der Waals surface area contributed by atoms with E-state index in [1.54, 1.807) is 0 Å². The second-order valence-electron chi connectivity index (χ2n) is 14.1. The van der Waals surface area contributed by atoms with Crippen molar-refractivity contribution in [2.45, 2.75) is 60.3 Å². The lowest BCUT2D eigenvalue weighted by Crippen LogP contribution is -2.07. The number of para-hydroxylation sites is 1. The van der Waals surface area contributed by atoms with Gasteiger partial charge in [-0.05, 0) is 95.8 Å². The summed E-state index contributed by atoms with van der Waals surface area (Å²) in [6, 6.07) is 33.8. The molecule has 7 rings (SSSR count). The summed E-state index contributed by atoms with van der Waals surface area (Å²) in [5.41, 5.74) is 9.73. The number of ether oxygens (including phenoxy) is 1. The van der Waals surface area contributed by atoms with E-state index in [4.69, 9.17) is 14.8 Å². The summed E-state index contributed by atoms with van der Waals surface area (Å²) < 4.78 is 10.7. The van der Waals surface area contributed by atoms with Crippen molar-refractivity contribution >= 4 is 21.8 Å². The number of benzene rings is 4. The molecular weight excluding hydrogens is 576 g/mol. The second-order valence-corrected chi connectivity index (χ2v) is 14.1. The Morgan fingerprint density at radius 1 is 0.787 bits per heavy atom. The van der Waals surface area contributed by atoms with E-state index in [2.05, 4.69) is 125 Å². The summed E-state index contributed by atoms with van der Waals surface area (Å²) in [5, 5.41) is 7.14. The fourth-order valence-electron chi connectivity index (χ4n) is 6.45. The number of aryl methyl sites for hydroxylation is 2. The predicted molar refractivity (Wildman–Crippen MR) is 194 cm³/mol. The van der Waals surface area contributed by atoms with Crippen molar-refractivity contribution in [2.24, 2.45) is 5.41 Å². The lowest BCUT2D eigenvalue weighted by atomic mass is 9.86. The minimum Gasteiger partial charge on any atom is -0.457 e. The molecule has 0 radical (unpaired) electrons. The highest BCUT2D eigenvalue weighted by molar-refractivity contribution is 6.09. The van der Waals surface area contributed by atoms with Gasteiger partial charge in [-0.3, -0.25) is 4.57 Å². The number of aromatic nitrogens is 4. The topological polar surface area (TPSA) is 44.9 Å². The number of pyridine rings is 1. The summed E-state index contributed by atoms with van der Waals surface area (Å²) >= 11 is 0. The van der Waals surface area contributed by atoms with Crippen molar-refractivity contribution < 1.29 is 4.74 Å². The SMILES string of the molecule is Cc1cccc(CCC(C)(C)C)c1-c1cnn(-c2cccc(Oc3ccc4c5ccccc5n(-c5cc(C(C)C)ccn5)c4c3)c2)c1. The van der Waals surface area contributed by atoms with E-state index in [0.717, 1.165) is 52.4 Å².